The summed E-state index contributed by atoms with van der Waals surface area (Å²) >= 11 is 0. The summed E-state index contributed by atoms with van der Waals surface area (Å²) in [5, 5.41) is 0.142. The first-order valence-corrected chi connectivity index (χ1v) is 15.2. The van der Waals surface area contributed by atoms with Gasteiger partial charge >= 0.3 is 11.9 Å². The van der Waals surface area contributed by atoms with Crippen LogP contribution in [0.4, 0.5) is 22.0 Å². The number of rotatable bonds is 9. The first-order valence-electron chi connectivity index (χ1n) is 13.4. The average Bonchev–Trinajstić information content (AvgIpc) is 3.06. The topological polar surface area (TPSA) is 43.4 Å². The van der Waals surface area contributed by atoms with Gasteiger partial charge in [-0.05, 0) is 40.5 Å². The third-order valence-electron chi connectivity index (χ3n) is 7.05. The number of hydrogen-bond donors (Lipinski definition) is 0. The first kappa shape index (κ1) is 30.6. The molecule has 0 aromatic heterocycles. The van der Waals surface area contributed by atoms with Gasteiger partial charge in [-0.3, -0.25) is 4.79 Å². The van der Waals surface area contributed by atoms with Crippen LogP contribution in [-0.2, 0) is 26.9 Å². The van der Waals surface area contributed by atoms with Crippen molar-refractivity contribution in [1.82, 2.24) is 0 Å². The molecule has 0 saturated heterocycles. The monoisotopic (exact) mass is 618 g/mol. The number of Topliss-reactive ketones (excluding diaryl/α,β-unsaturated/α-hetero) is 1. The third kappa shape index (κ3) is 5.61. The Morgan fingerprint density at radius 2 is 1.02 bits per heavy atom. The summed E-state index contributed by atoms with van der Waals surface area (Å²) in [7, 11) is 0. The van der Waals surface area contributed by atoms with E-state index in [0.717, 1.165) is 0 Å². The summed E-state index contributed by atoms with van der Waals surface area (Å²) in [5.74, 6) is -14.4. The van der Waals surface area contributed by atoms with Crippen molar-refractivity contribution >= 4 is 39.8 Å². The van der Waals surface area contributed by atoms with Gasteiger partial charge in [0.05, 0.1) is 5.56 Å². The molecule has 0 fully saturated rings. The molecule has 0 aliphatic heterocycles. The number of carbonyl (C=O) groups excluding carboxylic acids is 2. The lowest BCUT2D eigenvalue weighted by atomic mass is 10.0. The van der Waals surface area contributed by atoms with Crippen molar-refractivity contribution in [2.24, 2.45) is 0 Å². The zero-order valence-corrected chi connectivity index (χ0v) is 23.9. The molecule has 0 spiro atoms. The van der Waals surface area contributed by atoms with Crippen LogP contribution in [0.3, 0.4) is 0 Å². The summed E-state index contributed by atoms with van der Waals surface area (Å²) in [6.45, 7) is -4.19. The van der Waals surface area contributed by atoms with Gasteiger partial charge in [-0.2, -0.15) is 8.78 Å². The van der Waals surface area contributed by atoms with E-state index in [2.05, 4.69) is 0 Å². The Hall–Kier alpha value is -4.81. The Morgan fingerprint density at radius 1 is 0.591 bits per heavy atom. The minimum atomic E-state index is -4.80. The second-order valence-corrected chi connectivity index (χ2v) is 13.1. The van der Waals surface area contributed by atoms with E-state index < -0.39 is 52.9 Å². The molecule has 9 heteroatoms. The molecule has 0 radical (unpaired) electrons. The van der Waals surface area contributed by atoms with Crippen LogP contribution in [0.2, 0.25) is 0 Å². The number of halogens is 5. The van der Waals surface area contributed by atoms with Gasteiger partial charge in [0.2, 0.25) is 5.78 Å². The van der Waals surface area contributed by atoms with Gasteiger partial charge in [0.25, 0.3) is 0 Å². The van der Waals surface area contributed by atoms with Crippen LogP contribution < -0.4 is 15.9 Å². The maximum atomic E-state index is 16.3. The van der Waals surface area contributed by atoms with Gasteiger partial charge in [-0.1, -0.05) is 121 Å². The number of alkyl halides is 2. The lowest BCUT2D eigenvalue weighted by Gasteiger charge is -2.32. The predicted molar refractivity (Wildman–Crippen MR) is 162 cm³/mol. The van der Waals surface area contributed by atoms with Crippen molar-refractivity contribution in [1.29, 1.82) is 0 Å². The second kappa shape index (κ2) is 12.8. The molecule has 0 saturated carbocycles. The minimum Gasteiger partial charge on any atom is -0.457 e. The van der Waals surface area contributed by atoms with Gasteiger partial charge in [0, 0.05) is 0 Å². The molecule has 44 heavy (non-hydrogen) atoms. The van der Waals surface area contributed by atoms with E-state index >= 15 is 8.78 Å². The van der Waals surface area contributed by atoms with Crippen LogP contribution in [0.15, 0.2) is 133 Å². The first-order chi connectivity index (χ1) is 21.2. The van der Waals surface area contributed by atoms with Crippen LogP contribution in [0.1, 0.15) is 11.1 Å². The number of ketones is 1. The van der Waals surface area contributed by atoms with E-state index in [1.165, 1.54) is 0 Å². The highest BCUT2D eigenvalue weighted by molar-refractivity contribution is 7.97. The number of benzene rings is 5. The fraction of sp³-hybridized carbons (Fsp3) is 0.0571. The highest BCUT2D eigenvalue weighted by Gasteiger charge is 2.51. The molecule has 3 nitrogen and oxygen atoms in total. The lowest BCUT2D eigenvalue weighted by Crippen LogP contribution is -2.44. The summed E-state index contributed by atoms with van der Waals surface area (Å²) in [6, 6.07) is 33.6. The molecule has 0 amide bonds. The van der Waals surface area contributed by atoms with Crippen LogP contribution in [0.25, 0.3) is 0 Å². The Kier molecular flexibility index (Phi) is 8.93. The van der Waals surface area contributed by atoms with E-state index in [4.69, 9.17) is 4.74 Å². The van der Waals surface area contributed by atoms with E-state index in [-0.39, 0.29) is 6.61 Å². The minimum absolute atomic E-state index is 0.298. The molecule has 0 heterocycles. The Labute approximate surface area is 250 Å². The van der Waals surface area contributed by atoms with E-state index in [9.17, 15) is 22.8 Å². The third-order valence-corrected chi connectivity index (χ3v) is 11.3. The summed E-state index contributed by atoms with van der Waals surface area (Å²) in [5.41, 5.74) is -1.18. The maximum absolute atomic E-state index is 16.3. The summed E-state index contributed by atoms with van der Waals surface area (Å²) < 4.78 is 80.9. The Morgan fingerprint density at radius 3 is 1.48 bits per heavy atom. The average molecular weight is 619 g/mol. The summed E-state index contributed by atoms with van der Waals surface area (Å²) in [4.78, 5) is 28.5. The van der Waals surface area contributed by atoms with Gasteiger partial charge < -0.3 is 4.74 Å². The molecule has 5 rings (SSSR count). The molecule has 0 aliphatic rings. The Bertz CT molecular complexity index is 1740. The van der Waals surface area contributed by atoms with E-state index in [0.29, 0.717) is 33.6 Å². The standard InChI is InChI=1S/C35H24F5O3P/c36-29-22-21-28(30(37)31(29)38)35(39,40)33(41)32(34(42)43-23-24-13-5-1-6-14-24)44(25-15-7-2-8-16-25,26-17-9-3-10-18-26)27-19-11-4-12-20-27/h1-22H,23H2. The largest absolute Gasteiger partial charge is 0.457 e. The zero-order valence-electron chi connectivity index (χ0n) is 23.0. The number of ether oxygens (including phenoxy) is 1. The fourth-order valence-corrected chi connectivity index (χ4v) is 9.31. The SMILES string of the molecule is O=C(OCc1ccccc1)C(C(=O)C(F)(F)c1ccc(F)c(F)c1F)=P(c1ccccc1)(c1ccccc1)c1ccccc1. The molecule has 0 unspecified atom stereocenters. The van der Waals surface area contributed by atoms with Gasteiger partial charge in [0.15, 0.2) is 17.5 Å². The van der Waals surface area contributed by atoms with E-state index in [1.807, 2.05) is 0 Å². The highest BCUT2D eigenvalue weighted by atomic mass is 31.2. The molecule has 0 bridgehead atoms. The molecule has 5 aromatic rings. The van der Waals surface area contributed by atoms with Crippen molar-refractivity contribution in [2.75, 3.05) is 0 Å². The summed E-state index contributed by atoms with van der Waals surface area (Å²) in [6.07, 6.45) is 0. The van der Waals surface area contributed by atoms with Crippen molar-refractivity contribution < 1.29 is 36.3 Å². The smallest absolute Gasteiger partial charge is 0.343 e. The fourth-order valence-electron chi connectivity index (χ4n) is 5.00. The molecule has 222 valence electrons. The van der Waals surface area contributed by atoms with Crippen molar-refractivity contribution in [3.05, 3.63) is 162 Å². The number of esters is 1. The maximum Gasteiger partial charge on any atom is 0.343 e. The lowest BCUT2D eigenvalue weighted by molar-refractivity contribution is -0.142. The normalized spacial score (nSPS) is 11.6. The van der Waals surface area contributed by atoms with Crippen molar-refractivity contribution in [3.8, 4) is 0 Å². The molecular formula is C35H24F5O3P. The van der Waals surface area contributed by atoms with Crippen molar-refractivity contribution in [3.63, 3.8) is 0 Å². The van der Waals surface area contributed by atoms with Crippen LogP contribution in [0, 0.1) is 17.5 Å². The predicted octanol–water partition coefficient (Wildman–Crippen LogP) is 6.67. The van der Waals surface area contributed by atoms with Crippen LogP contribution >= 0.6 is 6.89 Å². The van der Waals surface area contributed by atoms with Gasteiger partial charge in [-0.25, -0.2) is 18.0 Å². The van der Waals surface area contributed by atoms with Crippen LogP contribution in [-0.4, -0.2) is 17.0 Å². The molecule has 5 aromatic carbocycles. The van der Waals surface area contributed by atoms with Crippen LogP contribution in [0.5, 0.6) is 0 Å². The molecule has 0 aliphatic carbocycles. The number of carbonyl (C=O) groups is 2. The zero-order chi connectivity index (χ0) is 31.3. The molecule has 0 atom stereocenters. The quantitative estimate of drug-likeness (QED) is 0.0609. The second-order valence-electron chi connectivity index (χ2n) is 9.71. The van der Waals surface area contributed by atoms with Gasteiger partial charge in [0.1, 0.15) is 11.9 Å². The molecule has 0 N–H and O–H groups in total. The highest BCUT2D eigenvalue weighted by Crippen LogP contribution is 2.48. The van der Waals surface area contributed by atoms with Gasteiger partial charge in [-0.15, -0.1) is 0 Å². The van der Waals surface area contributed by atoms with E-state index in [1.54, 1.807) is 121 Å². The number of hydrogen-bond acceptors (Lipinski definition) is 3. The Balaban J connectivity index is 1.91. The van der Waals surface area contributed by atoms with Crippen molar-refractivity contribution in [2.45, 2.75) is 12.5 Å². The molecular weight excluding hydrogens is 594 g/mol.